The first kappa shape index (κ1) is 23.3. The molecule has 0 radical (unpaired) electrons. The number of nitrogens with one attached hydrogen (secondary N) is 3. The molecule has 0 amide bonds. The van der Waals surface area contributed by atoms with E-state index in [0.717, 1.165) is 57.9 Å². The van der Waals surface area contributed by atoms with Crippen LogP contribution in [-0.4, -0.2) is 55.3 Å². The van der Waals surface area contributed by atoms with Gasteiger partial charge in [0, 0.05) is 55.2 Å². The molecule has 0 bridgehead atoms. The van der Waals surface area contributed by atoms with Crippen LogP contribution in [0.3, 0.4) is 0 Å². The predicted octanol–water partition coefficient (Wildman–Crippen LogP) is 3.97. The summed E-state index contributed by atoms with van der Waals surface area (Å²) in [6.45, 7) is 5.69. The van der Waals surface area contributed by atoms with Gasteiger partial charge in [-0.15, -0.1) is 24.0 Å². The average Bonchev–Trinajstić information content (AvgIpc) is 3.14. The van der Waals surface area contributed by atoms with Crippen molar-refractivity contribution in [3.8, 4) is 0 Å². The van der Waals surface area contributed by atoms with E-state index >= 15 is 0 Å². The first-order valence-electron chi connectivity index (χ1n) is 9.86. The first-order valence-corrected chi connectivity index (χ1v) is 11.1. The Bertz CT molecular complexity index is 771. The fraction of sp³-hybridized carbons (Fsp3) is 0.571. The smallest absolute Gasteiger partial charge is 0.191 e. The van der Waals surface area contributed by atoms with E-state index in [1.165, 1.54) is 22.0 Å². The van der Waals surface area contributed by atoms with Gasteiger partial charge in [0.25, 0.3) is 0 Å². The number of ether oxygens (including phenoxy) is 1. The van der Waals surface area contributed by atoms with E-state index in [1.54, 1.807) is 0 Å². The number of H-pyrrole nitrogens is 1. The molecule has 0 aliphatic carbocycles. The lowest BCUT2D eigenvalue weighted by Gasteiger charge is -2.36. The second-order valence-corrected chi connectivity index (χ2v) is 8.38. The molecule has 1 aromatic carbocycles. The second kappa shape index (κ2) is 11.3. The third kappa shape index (κ3) is 5.57. The van der Waals surface area contributed by atoms with E-state index in [-0.39, 0.29) is 28.7 Å². The molecule has 2 heterocycles. The van der Waals surface area contributed by atoms with Crippen LogP contribution in [0, 0.1) is 0 Å². The number of halogens is 1. The van der Waals surface area contributed by atoms with Crippen LogP contribution in [0.15, 0.2) is 29.4 Å². The number of hydrogen-bond donors (Lipinski definition) is 3. The monoisotopic (exact) mass is 516 g/mol. The summed E-state index contributed by atoms with van der Waals surface area (Å²) in [4.78, 5) is 7.84. The Kier molecular flexibility index (Phi) is 9.43. The van der Waals surface area contributed by atoms with Gasteiger partial charge in [-0.3, -0.25) is 4.99 Å². The average molecular weight is 516 g/mol. The lowest BCUT2D eigenvalue weighted by atomic mass is 9.99. The van der Waals surface area contributed by atoms with E-state index in [2.05, 4.69) is 58.2 Å². The first-order chi connectivity index (χ1) is 13.2. The summed E-state index contributed by atoms with van der Waals surface area (Å²) >= 11 is 1.94. The molecule has 1 aliphatic heterocycles. The Morgan fingerprint density at radius 1 is 1.25 bits per heavy atom. The Balaban J connectivity index is 0.00000280. The zero-order valence-corrected chi connectivity index (χ0v) is 20.3. The summed E-state index contributed by atoms with van der Waals surface area (Å²) in [7, 11) is 1.84. The Morgan fingerprint density at radius 2 is 2.04 bits per heavy atom. The van der Waals surface area contributed by atoms with Crippen molar-refractivity contribution in [1.29, 1.82) is 0 Å². The van der Waals surface area contributed by atoms with E-state index in [1.807, 2.05) is 18.8 Å². The lowest BCUT2D eigenvalue weighted by molar-refractivity contribution is 0.0783. The van der Waals surface area contributed by atoms with Crippen LogP contribution in [0.25, 0.3) is 10.9 Å². The minimum absolute atomic E-state index is 0. The number of aryl methyl sites for hydroxylation is 1. The SMILES string of the molecule is CCc1cccc2c(CCNC(=NC)NCC3(SC)CCOCC3)c[nH]c12.I. The fourth-order valence-electron chi connectivity index (χ4n) is 3.75. The highest BCUT2D eigenvalue weighted by Crippen LogP contribution is 2.32. The number of aromatic nitrogens is 1. The molecule has 1 fully saturated rings. The van der Waals surface area contributed by atoms with E-state index in [4.69, 9.17) is 4.74 Å². The topological polar surface area (TPSA) is 61.4 Å². The van der Waals surface area contributed by atoms with Crippen LogP contribution in [0.5, 0.6) is 0 Å². The number of hydrogen-bond acceptors (Lipinski definition) is 3. The highest BCUT2D eigenvalue weighted by molar-refractivity contribution is 14.0. The third-order valence-corrected chi connectivity index (χ3v) is 7.01. The standard InChI is InChI=1S/C21H32N4OS.HI/c1-4-16-6-5-7-18-17(14-24-19(16)18)8-11-23-20(22-2)25-15-21(27-3)9-12-26-13-10-21;/h5-7,14,24H,4,8-13,15H2,1-3H3,(H2,22,23,25);1H. The molecule has 0 saturated carbocycles. The lowest BCUT2D eigenvalue weighted by Crippen LogP contribution is -2.48. The number of guanidine groups is 1. The number of aliphatic imine (C=N–C) groups is 1. The number of fused-ring (bicyclic) bond motifs is 1. The highest BCUT2D eigenvalue weighted by atomic mass is 127. The summed E-state index contributed by atoms with van der Waals surface area (Å²) in [5.41, 5.74) is 4.01. The van der Waals surface area contributed by atoms with Crippen LogP contribution in [0.4, 0.5) is 0 Å². The molecule has 1 saturated heterocycles. The van der Waals surface area contributed by atoms with Crippen molar-refractivity contribution in [2.75, 3.05) is 39.6 Å². The van der Waals surface area contributed by atoms with Gasteiger partial charge in [0.1, 0.15) is 0 Å². The minimum atomic E-state index is 0. The molecule has 3 N–H and O–H groups in total. The third-order valence-electron chi connectivity index (χ3n) is 5.59. The maximum atomic E-state index is 5.53. The number of aromatic amines is 1. The predicted molar refractivity (Wildman–Crippen MR) is 132 cm³/mol. The van der Waals surface area contributed by atoms with Crippen LogP contribution < -0.4 is 10.6 Å². The normalized spacial score (nSPS) is 16.6. The molecule has 2 aromatic rings. The van der Waals surface area contributed by atoms with Crippen molar-refractivity contribution < 1.29 is 4.74 Å². The molecular formula is C21H33IN4OS. The molecule has 5 nitrogen and oxygen atoms in total. The highest BCUT2D eigenvalue weighted by Gasteiger charge is 2.31. The molecule has 156 valence electrons. The molecule has 28 heavy (non-hydrogen) atoms. The molecule has 7 heteroatoms. The molecule has 0 unspecified atom stereocenters. The van der Waals surface area contributed by atoms with Gasteiger partial charge >= 0.3 is 0 Å². The maximum absolute atomic E-state index is 5.53. The molecule has 1 aliphatic rings. The molecule has 1 aromatic heterocycles. The number of benzene rings is 1. The molecule has 0 atom stereocenters. The van der Waals surface area contributed by atoms with Gasteiger partial charge in [-0.05, 0) is 43.1 Å². The van der Waals surface area contributed by atoms with Gasteiger partial charge in [0.05, 0.1) is 0 Å². The summed E-state index contributed by atoms with van der Waals surface area (Å²) < 4.78 is 5.78. The maximum Gasteiger partial charge on any atom is 0.191 e. The van der Waals surface area contributed by atoms with E-state index in [9.17, 15) is 0 Å². The van der Waals surface area contributed by atoms with Crippen LogP contribution >= 0.6 is 35.7 Å². The zero-order valence-electron chi connectivity index (χ0n) is 17.1. The number of para-hydroxylation sites is 1. The van der Waals surface area contributed by atoms with Crippen molar-refractivity contribution in [2.24, 2.45) is 4.99 Å². The Morgan fingerprint density at radius 3 is 2.71 bits per heavy atom. The largest absolute Gasteiger partial charge is 0.381 e. The summed E-state index contributed by atoms with van der Waals surface area (Å²) in [6.07, 6.45) is 8.54. The Hall–Kier alpha value is -0.930. The van der Waals surface area contributed by atoms with Crippen molar-refractivity contribution in [2.45, 2.75) is 37.4 Å². The van der Waals surface area contributed by atoms with Gasteiger partial charge in [0.15, 0.2) is 5.96 Å². The zero-order chi connectivity index (χ0) is 19.1. The van der Waals surface area contributed by atoms with Crippen molar-refractivity contribution >= 4 is 52.6 Å². The summed E-state index contributed by atoms with van der Waals surface area (Å²) in [5, 5.41) is 8.32. The van der Waals surface area contributed by atoms with Gasteiger partial charge in [-0.25, -0.2) is 0 Å². The number of rotatable bonds is 7. The Labute approximate surface area is 189 Å². The molecular weight excluding hydrogens is 483 g/mol. The summed E-state index contributed by atoms with van der Waals surface area (Å²) in [5.74, 6) is 0.879. The van der Waals surface area contributed by atoms with E-state index < -0.39 is 0 Å². The van der Waals surface area contributed by atoms with Gasteiger partial charge in [-0.1, -0.05) is 25.1 Å². The van der Waals surface area contributed by atoms with Gasteiger partial charge in [-0.2, -0.15) is 11.8 Å². The second-order valence-electron chi connectivity index (χ2n) is 7.11. The van der Waals surface area contributed by atoms with Gasteiger partial charge in [0.2, 0.25) is 0 Å². The number of nitrogens with zero attached hydrogens (tertiary/aromatic N) is 1. The van der Waals surface area contributed by atoms with Crippen molar-refractivity contribution in [1.82, 2.24) is 15.6 Å². The van der Waals surface area contributed by atoms with Crippen molar-refractivity contribution in [3.05, 3.63) is 35.5 Å². The van der Waals surface area contributed by atoms with Crippen molar-refractivity contribution in [3.63, 3.8) is 0 Å². The van der Waals surface area contributed by atoms with Crippen LogP contribution in [-0.2, 0) is 17.6 Å². The number of thioether (sulfide) groups is 1. The van der Waals surface area contributed by atoms with Crippen LogP contribution in [0.2, 0.25) is 0 Å². The van der Waals surface area contributed by atoms with Gasteiger partial charge < -0.3 is 20.4 Å². The van der Waals surface area contributed by atoms with Crippen LogP contribution in [0.1, 0.15) is 30.9 Å². The summed E-state index contributed by atoms with van der Waals surface area (Å²) in [6, 6.07) is 6.56. The molecule has 0 spiro atoms. The fourth-order valence-corrected chi connectivity index (χ4v) is 4.55. The quantitative estimate of drug-likeness (QED) is 0.296. The van der Waals surface area contributed by atoms with E-state index in [0.29, 0.717) is 0 Å². The minimum Gasteiger partial charge on any atom is -0.381 e. The molecule has 3 rings (SSSR count).